The number of rotatable bonds is 4. The first-order chi connectivity index (χ1) is 14.6. The third-order valence-electron chi connectivity index (χ3n) is 6.41. The lowest BCUT2D eigenvalue weighted by atomic mass is 9.86. The van der Waals surface area contributed by atoms with Gasteiger partial charge in [-0.2, -0.15) is 0 Å². The number of imide groups is 1. The lowest BCUT2D eigenvalue weighted by molar-refractivity contribution is -0.135. The van der Waals surface area contributed by atoms with E-state index in [2.05, 4.69) is 16.0 Å². The molecule has 2 aliphatic heterocycles. The standard InChI is InChI=1S/C23H24N4O3/c1-25-22(29)27(15-17-5-4-10-24-14-17)21(28)23(25)8-11-26(12-9-23)16-19-13-18-6-2-3-7-20(18)30-19/h2-7,10,13-14H,8-9,11-12,15-16H2,1H3. The van der Waals surface area contributed by atoms with Crippen LogP contribution in [0.25, 0.3) is 11.0 Å². The maximum Gasteiger partial charge on any atom is 0.327 e. The molecule has 0 bridgehead atoms. The van der Waals surface area contributed by atoms with Gasteiger partial charge in [0.05, 0.1) is 13.1 Å². The van der Waals surface area contributed by atoms with Gasteiger partial charge in [0, 0.05) is 37.9 Å². The molecule has 0 unspecified atom stereocenters. The lowest BCUT2D eigenvalue weighted by Crippen LogP contribution is -2.55. The first kappa shape index (κ1) is 18.8. The Bertz CT molecular complexity index is 1050. The van der Waals surface area contributed by atoms with E-state index in [0.717, 1.165) is 35.4 Å². The van der Waals surface area contributed by atoms with Crippen LogP contribution < -0.4 is 0 Å². The average Bonchev–Trinajstić information content (AvgIpc) is 3.25. The number of aromatic nitrogens is 1. The molecule has 3 aromatic rings. The minimum atomic E-state index is -0.746. The van der Waals surface area contributed by atoms with Gasteiger partial charge in [0.1, 0.15) is 16.9 Å². The summed E-state index contributed by atoms with van der Waals surface area (Å²) in [6.45, 7) is 2.44. The zero-order chi connectivity index (χ0) is 20.7. The highest BCUT2D eigenvalue weighted by Crippen LogP contribution is 2.37. The van der Waals surface area contributed by atoms with Crippen molar-refractivity contribution in [1.29, 1.82) is 0 Å². The second kappa shape index (κ2) is 7.25. The van der Waals surface area contributed by atoms with Gasteiger partial charge in [-0.05, 0) is 36.6 Å². The molecule has 1 spiro atoms. The number of nitrogens with zero attached hydrogens (tertiary/aromatic N) is 4. The van der Waals surface area contributed by atoms with Crippen molar-refractivity contribution >= 4 is 22.9 Å². The van der Waals surface area contributed by atoms with E-state index in [4.69, 9.17) is 4.42 Å². The second-order valence-corrected chi connectivity index (χ2v) is 8.15. The van der Waals surface area contributed by atoms with E-state index in [1.807, 2.05) is 36.4 Å². The summed E-state index contributed by atoms with van der Waals surface area (Å²) < 4.78 is 5.94. The van der Waals surface area contributed by atoms with E-state index < -0.39 is 5.54 Å². The van der Waals surface area contributed by atoms with Gasteiger partial charge in [-0.3, -0.25) is 19.6 Å². The van der Waals surface area contributed by atoms with E-state index in [1.54, 1.807) is 24.3 Å². The van der Waals surface area contributed by atoms with Gasteiger partial charge in [0.15, 0.2) is 0 Å². The molecule has 2 aliphatic rings. The van der Waals surface area contributed by atoms with Gasteiger partial charge in [0.25, 0.3) is 5.91 Å². The topological polar surface area (TPSA) is 69.9 Å². The van der Waals surface area contributed by atoms with Gasteiger partial charge >= 0.3 is 6.03 Å². The fraction of sp³-hybridized carbons (Fsp3) is 0.348. The maximum absolute atomic E-state index is 13.3. The third-order valence-corrected chi connectivity index (χ3v) is 6.41. The highest BCUT2D eigenvalue weighted by atomic mass is 16.3. The molecule has 1 aromatic carbocycles. The molecule has 30 heavy (non-hydrogen) atoms. The Balaban J connectivity index is 1.28. The predicted molar refractivity (Wildman–Crippen MR) is 111 cm³/mol. The average molecular weight is 404 g/mol. The molecule has 0 aliphatic carbocycles. The Morgan fingerprint density at radius 3 is 2.60 bits per heavy atom. The van der Waals surface area contributed by atoms with Crippen LogP contribution in [0.5, 0.6) is 0 Å². The fourth-order valence-electron chi connectivity index (χ4n) is 4.62. The molecule has 154 valence electrons. The number of pyridine rings is 1. The predicted octanol–water partition coefficient (Wildman–Crippen LogP) is 3.26. The van der Waals surface area contributed by atoms with Crippen LogP contribution in [0.1, 0.15) is 24.2 Å². The monoisotopic (exact) mass is 404 g/mol. The Hall–Kier alpha value is -3.19. The van der Waals surface area contributed by atoms with Crippen molar-refractivity contribution in [2.24, 2.45) is 0 Å². The van der Waals surface area contributed by atoms with Gasteiger partial charge in [-0.25, -0.2) is 4.79 Å². The molecule has 5 rings (SSSR count). The number of carbonyl (C=O) groups excluding carboxylic acids is 2. The number of amides is 3. The molecule has 0 radical (unpaired) electrons. The van der Waals surface area contributed by atoms with E-state index in [0.29, 0.717) is 19.4 Å². The first-order valence-electron chi connectivity index (χ1n) is 10.3. The quantitative estimate of drug-likeness (QED) is 0.625. The fourth-order valence-corrected chi connectivity index (χ4v) is 4.62. The van der Waals surface area contributed by atoms with Crippen LogP contribution in [0.15, 0.2) is 59.3 Å². The van der Waals surface area contributed by atoms with E-state index >= 15 is 0 Å². The van der Waals surface area contributed by atoms with Crippen molar-refractivity contribution in [2.45, 2.75) is 31.5 Å². The first-order valence-corrected chi connectivity index (χ1v) is 10.3. The molecule has 3 amide bonds. The Morgan fingerprint density at radius 1 is 1.07 bits per heavy atom. The van der Waals surface area contributed by atoms with Crippen molar-refractivity contribution in [3.05, 3.63) is 66.2 Å². The summed E-state index contributed by atoms with van der Waals surface area (Å²) in [6.07, 6.45) is 4.62. The zero-order valence-electron chi connectivity index (χ0n) is 17.0. The number of benzene rings is 1. The molecule has 2 aromatic heterocycles. The van der Waals surface area contributed by atoms with Crippen LogP contribution in [0.3, 0.4) is 0 Å². The van der Waals surface area contributed by atoms with Crippen LogP contribution in [0.4, 0.5) is 4.79 Å². The molecular formula is C23H24N4O3. The summed E-state index contributed by atoms with van der Waals surface area (Å²) in [5.74, 6) is 0.828. The molecule has 0 saturated carbocycles. The molecule has 7 heteroatoms. The number of urea groups is 1. The SMILES string of the molecule is CN1C(=O)N(Cc2cccnc2)C(=O)C12CCN(Cc1cc3ccccc3o1)CC2. The van der Waals surface area contributed by atoms with E-state index in [-0.39, 0.29) is 18.5 Å². The molecule has 2 saturated heterocycles. The normalized spacial score (nSPS) is 19.4. The number of hydrogen-bond donors (Lipinski definition) is 0. The summed E-state index contributed by atoms with van der Waals surface area (Å²) in [5, 5.41) is 1.10. The van der Waals surface area contributed by atoms with Gasteiger partial charge in [0.2, 0.25) is 0 Å². The largest absolute Gasteiger partial charge is 0.460 e. The highest BCUT2D eigenvalue weighted by molar-refractivity contribution is 6.06. The smallest absolute Gasteiger partial charge is 0.327 e. The van der Waals surface area contributed by atoms with Gasteiger partial charge in [-0.15, -0.1) is 0 Å². The number of carbonyl (C=O) groups is 2. The van der Waals surface area contributed by atoms with E-state index in [1.165, 1.54) is 4.90 Å². The summed E-state index contributed by atoms with van der Waals surface area (Å²) in [5.41, 5.74) is 0.999. The lowest BCUT2D eigenvalue weighted by Gasteiger charge is -2.40. The van der Waals surface area contributed by atoms with Gasteiger partial charge in [-0.1, -0.05) is 24.3 Å². The van der Waals surface area contributed by atoms with Crippen molar-refractivity contribution in [3.63, 3.8) is 0 Å². The maximum atomic E-state index is 13.3. The third kappa shape index (κ3) is 3.06. The summed E-state index contributed by atoms with van der Waals surface area (Å²) >= 11 is 0. The molecule has 0 atom stereocenters. The molecular weight excluding hydrogens is 380 g/mol. The molecule has 7 nitrogen and oxygen atoms in total. The van der Waals surface area contributed by atoms with Crippen molar-refractivity contribution in [2.75, 3.05) is 20.1 Å². The summed E-state index contributed by atoms with van der Waals surface area (Å²) in [7, 11) is 1.75. The second-order valence-electron chi connectivity index (χ2n) is 8.15. The molecule has 4 heterocycles. The Morgan fingerprint density at radius 2 is 1.87 bits per heavy atom. The number of para-hydroxylation sites is 1. The Kier molecular flexibility index (Phi) is 4.55. The van der Waals surface area contributed by atoms with Crippen molar-refractivity contribution in [3.8, 4) is 0 Å². The Labute approximate surface area is 174 Å². The van der Waals surface area contributed by atoms with Crippen LogP contribution in [-0.4, -0.2) is 57.3 Å². The number of hydrogen-bond acceptors (Lipinski definition) is 5. The van der Waals surface area contributed by atoms with Gasteiger partial charge < -0.3 is 9.32 Å². The number of fused-ring (bicyclic) bond motifs is 1. The molecule has 0 N–H and O–H groups in total. The summed E-state index contributed by atoms with van der Waals surface area (Å²) in [4.78, 5) is 35.5. The number of likely N-dealkylation sites (tertiary alicyclic amines) is 1. The minimum Gasteiger partial charge on any atom is -0.460 e. The van der Waals surface area contributed by atoms with E-state index in [9.17, 15) is 9.59 Å². The molecule has 2 fully saturated rings. The summed E-state index contributed by atoms with van der Waals surface area (Å²) in [6, 6.07) is 13.5. The highest BCUT2D eigenvalue weighted by Gasteiger charge is 2.56. The van der Waals surface area contributed by atoms with Crippen molar-refractivity contribution in [1.82, 2.24) is 19.7 Å². The van der Waals surface area contributed by atoms with Crippen LogP contribution >= 0.6 is 0 Å². The number of likely N-dealkylation sites (N-methyl/N-ethyl adjacent to an activating group) is 1. The van der Waals surface area contributed by atoms with Crippen molar-refractivity contribution < 1.29 is 14.0 Å². The van der Waals surface area contributed by atoms with Crippen LogP contribution in [-0.2, 0) is 17.9 Å². The number of furan rings is 1. The van der Waals surface area contributed by atoms with Crippen LogP contribution in [0, 0.1) is 0 Å². The minimum absolute atomic E-state index is 0.0951. The van der Waals surface area contributed by atoms with Crippen LogP contribution in [0.2, 0.25) is 0 Å². The zero-order valence-corrected chi connectivity index (χ0v) is 17.0. The number of piperidine rings is 1.